The fraction of sp³-hybridized carbons (Fsp3) is 0.320. The highest BCUT2D eigenvalue weighted by Crippen LogP contribution is 2.39. The van der Waals surface area contributed by atoms with Crippen LogP contribution in [-0.4, -0.2) is 38.6 Å². The highest BCUT2D eigenvalue weighted by molar-refractivity contribution is 7.15. The summed E-state index contributed by atoms with van der Waals surface area (Å²) >= 11 is 7.86. The van der Waals surface area contributed by atoms with Crippen LogP contribution in [0.4, 0.5) is 0 Å². The van der Waals surface area contributed by atoms with E-state index in [-0.39, 0.29) is 12.3 Å². The lowest BCUT2D eigenvalue weighted by molar-refractivity contribution is -0.121. The molecule has 1 atom stereocenters. The number of hydrogen-bond donors (Lipinski definition) is 1. The van der Waals surface area contributed by atoms with Gasteiger partial charge in [-0.15, -0.1) is 21.5 Å². The minimum Gasteiger partial charge on any atom is -0.356 e. The van der Waals surface area contributed by atoms with Gasteiger partial charge in [0.05, 0.1) is 12.1 Å². The van der Waals surface area contributed by atoms with E-state index >= 15 is 0 Å². The number of benzene rings is 1. The molecule has 3 aromatic rings. The largest absolute Gasteiger partial charge is 0.356 e. The van der Waals surface area contributed by atoms with Gasteiger partial charge in [0.1, 0.15) is 16.9 Å². The third kappa shape index (κ3) is 4.23. The number of hydrogen-bond acceptors (Lipinski definition) is 6. The van der Waals surface area contributed by atoms with Gasteiger partial charge >= 0.3 is 0 Å². The van der Waals surface area contributed by atoms with Crippen LogP contribution in [0.1, 0.15) is 58.5 Å². The van der Waals surface area contributed by atoms with E-state index in [2.05, 4.69) is 38.9 Å². The number of nitrogens with one attached hydrogen (secondary N) is 1. The van der Waals surface area contributed by atoms with Crippen LogP contribution in [0, 0.1) is 20.8 Å². The second kappa shape index (κ2) is 9.27. The molecule has 0 saturated heterocycles. The summed E-state index contributed by atoms with van der Waals surface area (Å²) in [6, 6.07) is 7.23. The van der Waals surface area contributed by atoms with E-state index in [4.69, 9.17) is 16.6 Å². The number of nitrogens with zero attached hydrogens (tertiary/aromatic N) is 5. The molecule has 4 heterocycles. The Bertz CT molecular complexity index is 1350. The maximum atomic E-state index is 12.9. The Morgan fingerprint density at radius 3 is 2.74 bits per heavy atom. The van der Waals surface area contributed by atoms with Gasteiger partial charge in [-0.05, 0) is 38.5 Å². The predicted octanol–water partition coefficient (Wildman–Crippen LogP) is 5.05. The van der Waals surface area contributed by atoms with Gasteiger partial charge in [0.2, 0.25) is 5.91 Å². The van der Waals surface area contributed by atoms with Crippen molar-refractivity contribution in [1.29, 1.82) is 0 Å². The van der Waals surface area contributed by atoms with E-state index in [0.717, 1.165) is 46.2 Å². The zero-order valence-electron chi connectivity index (χ0n) is 19.3. The van der Waals surface area contributed by atoms with Gasteiger partial charge in [0, 0.05) is 52.3 Å². The SMILES string of the molecule is Cc1sc2c(c1C)C(c1ccc(Cl)cc1)=N[C@@H](CC(=O)NCCC1=NC=CC1)c1nnc(C)n1-2. The van der Waals surface area contributed by atoms with E-state index in [0.29, 0.717) is 17.4 Å². The van der Waals surface area contributed by atoms with E-state index in [1.165, 1.54) is 10.4 Å². The minimum atomic E-state index is -0.461. The maximum Gasteiger partial charge on any atom is 0.222 e. The van der Waals surface area contributed by atoms with Crippen molar-refractivity contribution in [3.63, 3.8) is 0 Å². The second-order valence-corrected chi connectivity index (χ2v) is 10.1. The van der Waals surface area contributed by atoms with Crippen LogP contribution in [0.5, 0.6) is 0 Å². The van der Waals surface area contributed by atoms with Gasteiger partial charge in [-0.3, -0.25) is 19.3 Å². The maximum absolute atomic E-state index is 12.9. The molecule has 2 aromatic heterocycles. The monoisotopic (exact) mass is 492 g/mol. The smallest absolute Gasteiger partial charge is 0.222 e. The number of fused-ring (bicyclic) bond motifs is 3. The van der Waals surface area contributed by atoms with Gasteiger partial charge < -0.3 is 5.32 Å². The van der Waals surface area contributed by atoms with Crippen LogP contribution < -0.4 is 5.32 Å². The van der Waals surface area contributed by atoms with Crippen molar-refractivity contribution in [1.82, 2.24) is 20.1 Å². The van der Waals surface area contributed by atoms with E-state index in [1.54, 1.807) is 11.3 Å². The number of rotatable bonds is 6. The van der Waals surface area contributed by atoms with Crippen LogP contribution in [0.25, 0.3) is 5.00 Å². The lowest BCUT2D eigenvalue weighted by atomic mass is 9.99. The molecule has 0 aliphatic carbocycles. The predicted molar refractivity (Wildman–Crippen MR) is 137 cm³/mol. The summed E-state index contributed by atoms with van der Waals surface area (Å²) in [5, 5.41) is 13.5. The molecule has 2 aliphatic rings. The molecule has 0 unspecified atom stereocenters. The van der Waals surface area contributed by atoms with Gasteiger partial charge in [0.25, 0.3) is 0 Å². The summed E-state index contributed by atoms with van der Waals surface area (Å²) in [6.07, 6.45) is 5.62. The second-order valence-electron chi connectivity index (χ2n) is 8.49. The van der Waals surface area contributed by atoms with Crippen LogP contribution in [0.15, 0.2) is 46.5 Å². The normalized spacial score (nSPS) is 16.5. The fourth-order valence-electron chi connectivity index (χ4n) is 4.29. The lowest BCUT2D eigenvalue weighted by Crippen LogP contribution is -2.27. The van der Waals surface area contributed by atoms with Crippen LogP contribution in [-0.2, 0) is 4.79 Å². The lowest BCUT2D eigenvalue weighted by Gasteiger charge is -2.13. The van der Waals surface area contributed by atoms with E-state index in [9.17, 15) is 4.79 Å². The Morgan fingerprint density at radius 1 is 1.21 bits per heavy atom. The molecule has 1 aromatic carbocycles. The minimum absolute atomic E-state index is 0.0684. The number of amides is 1. The van der Waals surface area contributed by atoms with Crippen molar-refractivity contribution < 1.29 is 4.79 Å². The molecule has 174 valence electrons. The van der Waals surface area contributed by atoms with Gasteiger partial charge in [-0.25, -0.2) is 0 Å². The number of halogens is 1. The topological polar surface area (TPSA) is 84.5 Å². The zero-order chi connectivity index (χ0) is 23.8. The summed E-state index contributed by atoms with van der Waals surface area (Å²) in [4.78, 5) is 23.6. The summed E-state index contributed by atoms with van der Waals surface area (Å²) in [5.74, 6) is 1.40. The Hall–Kier alpha value is -3.10. The molecule has 1 N–H and O–H groups in total. The highest BCUT2D eigenvalue weighted by atomic mass is 35.5. The number of thiophene rings is 1. The van der Waals surface area contributed by atoms with Crippen molar-refractivity contribution >= 4 is 40.3 Å². The van der Waals surface area contributed by atoms with Gasteiger partial charge in [-0.2, -0.15) is 0 Å². The molecule has 34 heavy (non-hydrogen) atoms. The first-order valence-corrected chi connectivity index (χ1v) is 12.5. The van der Waals surface area contributed by atoms with Gasteiger partial charge in [-0.1, -0.05) is 29.8 Å². The number of allylic oxidation sites excluding steroid dienone is 1. The average molecular weight is 493 g/mol. The Balaban J connectivity index is 1.51. The average Bonchev–Trinajstić information content (AvgIpc) is 3.51. The number of aliphatic imine (C=N–C) groups is 2. The fourth-order valence-corrected chi connectivity index (χ4v) is 5.63. The molecule has 0 fully saturated rings. The van der Waals surface area contributed by atoms with Crippen molar-refractivity contribution in [2.24, 2.45) is 9.98 Å². The number of aryl methyl sites for hydroxylation is 2. The van der Waals surface area contributed by atoms with Crippen LogP contribution >= 0.6 is 22.9 Å². The van der Waals surface area contributed by atoms with Crippen LogP contribution in [0.2, 0.25) is 5.02 Å². The summed E-state index contributed by atoms with van der Waals surface area (Å²) in [6.45, 7) is 6.72. The summed E-state index contributed by atoms with van der Waals surface area (Å²) < 4.78 is 2.06. The standard InChI is InChI=1S/C25H25ClN6OS/c1-14-15(2)34-25-22(14)23(17-6-8-18(26)9-7-17)29-20(24-31-30-16(3)32(24)25)13-21(33)28-12-10-19-5-4-11-27-19/h4,6-9,11,20H,5,10,12-13H2,1-3H3,(H,28,33)/t20-/m0/s1. The molecule has 0 saturated carbocycles. The van der Waals surface area contributed by atoms with Crippen molar-refractivity contribution in [3.05, 3.63) is 74.8 Å². The Labute approximate surface area is 207 Å². The molecule has 0 radical (unpaired) electrons. The van der Waals surface area contributed by atoms with Crippen molar-refractivity contribution in [2.75, 3.05) is 6.54 Å². The first kappa shape index (κ1) is 22.7. The molecule has 5 rings (SSSR count). The molecular formula is C25H25ClN6OS. The molecule has 0 spiro atoms. The summed E-state index contributed by atoms with van der Waals surface area (Å²) in [5.41, 5.74) is 5.12. The first-order chi connectivity index (χ1) is 16.4. The molecule has 0 bridgehead atoms. The highest BCUT2D eigenvalue weighted by Gasteiger charge is 2.32. The Kier molecular flexibility index (Phi) is 6.18. The first-order valence-electron chi connectivity index (χ1n) is 11.3. The van der Waals surface area contributed by atoms with Crippen molar-refractivity contribution in [2.45, 2.75) is 46.1 Å². The van der Waals surface area contributed by atoms with Crippen molar-refractivity contribution in [3.8, 4) is 5.00 Å². The molecule has 7 nitrogen and oxygen atoms in total. The number of carbonyl (C=O) groups is 1. The van der Waals surface area contributed by atoms with Crippen LogP contribution in [0.3, 0.4) is 0 Å². The molecule has 1 amide bonds. The van der Waals surface area contributed by atoms with E-state index in [1.807, 2.05) is 43.5 Å². The van der Waals surface area contributed by atoms with Gasteiger partial charge in [0.15, 0.2) is 5.82 Å². The number of carbonyl (C=O) groups excluding carboxylic acids is 1. The third-order valence-electron chi connectivity index (χ3n) is 6.19. The molecule has 9 heteroatoms. The number of aromatic nitrogens is 3. The quantitative estimate of drug-likeness (QED) is 0.522. The summed E-state index contributed by atoms with van der Waals surface area (Å²) in [7, 11) is 0. The molecule has 2 aliphatic heterocycles. The Morgan fingerprint density at radius 2 is 2.00 bits per heavy atom. The third-order valence-corrected chi connectivity index (χ3v) is 7.63. The zero-order valence-corrected chi connectivity index (χ0v) is 20.9. The van der Waals surface area contributed by atoms with E-state index < -0.39 is 6.04 Å². The molecular weight excluding hydrogens is 468 g/mol.